The van der Waals surface area contributed by atoms with E-state index in [0.29, 0.717) is 78.3 Å². The highest BCUT2D eigenvalue weighted by atomic mass is 32.1. The number of likely N-dealkylation sites (tertiary alicyclic amines) is 1. The van der Waals surface area contributed by atoms with Gasteiger partial charge in [-0.3, -0.25) is 39.4 Å². The Labute approximate surface area is 419 Å². The number of piperazine rings is 1. The van der Waals surface area contributed by atoms with Gasteiger partial charge in [-0.15, -0.1) is 0 Å². The largest absolute Gasteiger partial charge is 0.493 e. The molecular weight excluding hydrogens is 933 g/mol. The minimum absolute atomic E-state index is 0.0556. The Balaban J connectivity index is 0.684. The molecule has 2 bridgehead atoms. The highest BCUT2D eigenvalue weighted by molar-refractivity contribution is 7.22. The third-order valence-corrected chi connectivity index (χ3v) is 15.6. The lowest BCUT2D eigenvalue weighted by atomic mass is 9.93. The van der Waals surface area contributed by atoms with Crippen LogP contribution in [0.2, 0.25) is 0 Å². The Hall–Kier alpha value is -7.54. The van der Waals surface area contributed by atoms with Gasteiger partial charge in [0.05, 0.1) is 40.5 Å². The zero-order valence-electron chi connectivity index (χ0n) is 40.0. The SMILES string of the molecule is Cc1c(OCCCN2CC3CCC(C2)N3CC(=O)Nc2ccc3c(C4CCC(=O)NC4=O)nn(C)c3c2)cccc1-c1ccc(N2CCc3cccc(C(=O)Nc4nc5ccccc5s4)c3C2)nc1C(=O)O. The average Bonchev–Trinajstić information content (AvgIpc) is 4.00. The monoisotopic (exact) mass is 986 g/mol. The van der Waals surface area contributed by atoms with Crippen LogP contribution in [0.15, 0.2) is 91.0 Å². The van der Waals surface area contributed by atoms with Crippen LogP contribution in [0.1, 0.15) is 81.3 Å². The number of carbonyl (C=O) groups excluding carboxylic acids is 4. The van der Waals surface area contributed by atoms with Gasteiger partial charge in [0.25, 0.3) is 5.91 Å². The van der Waals surface area contributed by atoms with Gasteiger partial charge in [0.1, 0.15) is 11.6 Å². The number of nitrogens with zero attached hydrogens (tertiary/aromatic N) is 7. The number of piperidine rings is 1. The van der Waals surface area contributed by atoms with Gasteiger partial charge in [-0.05, 0) is 116 Å². The molecule has 3 saturated heterocycles. The second-order valence-electron chi connectivity index (χ2n) is 19.2. The summed E-state index contributed by atoms with van der Waals surface area (Å²) in [5.74, 6) is -1.33. The van der Waals surface area contributed by atoms with Crippen molar-refractivity contribution >= 4 is 78.7 Å². The molecule has 0 aliphatic carbocycles. The van der Waals surface area contributed by atoms with Crippen LogP contribution in [-0.2, 0) is 34.4 Å². The number of anilines is 3. The number of pyridine rings is 1. The fourth-order valence-electron chi connectivity index (χ4n) is 11.1. The van der Waals surface area contributed by atoms with Gasteiger partial charge in [-0.25, -0.2) is 14.8 Å². The summed E-state index contributed by atoms with van der Waals surface area (Å²) in [5.41, 5.74) is 7.43. The molecule has 3 unspecified atom stereocenters. The number of benzene rings is 4. The van der Waals surface area contributed by atoms with Crippen molar-refractivity contribution in [1.82, 2.24) is 34.9 Å². The quantitative estimate of drug-likeness (QED) is 0.0633. The molecule has 11 rings (SSSR count). The summed E-state index contributed by atoms with van der Waals surface area (Å²) in [6, 6.07) is 29.0. The predicted octanol–water partition coefficient (Wildman–Crippen LogP) is 7.14. The van der Waals surface area contributed by atoms with E-state index in [-0.39, 0.29) is 47.8 Å². The third-order valence-electron chi connectivity index (χ3n) is 14.7. The number of hydrogen-bond donors (Lipinski definition) is 4. The molecule has 4 amide bonds. The number of imide groups is 1. The molecule has 3 atom stereocenters. The van der Waals surface area contributed by atoms with Gasteiger partial charge in [0.15, 0.2) is 10.8 Å². The van der Waals surface area contributed by atoms with Crippen molar-refractivity contribution in [2.24, 2.45) is 7.05 Å². The standard InChI is InChI=1S/C54H54N10O7S/c1-31-36(37-18-20-46(57-50(37)53(69)70)63-24-22-32-8-5-10-38(41(32)29-63)51(67)59-54-56-42-11-3-4-13-45(42)72-54)9-6-12-44(31)71-25-7-23-62-27-34-15-16-35(28-62)64(34)30-48(66)55-33-14-17-39-43(26-33)61(2)60-49(39)40-19-21-47(65)58-52(40)68/h3-6,8-14,17-18,20,26,34-35,40H,7,15-16,19,21-25,27-30H2,1-2H3,(H,55,66)(H,69,70)(H,56,59,67)(H,58,65,68). The maximum Gasteiger partial charge on any atom is 0.355 e. The van der Waals surface area contributed by atoms with Crippen LogP contribution in [0, 0.1) is 6.92 Å². The van der Waals surface area contributed by atoms with E-state index in [2.05, 4.69) is 35.8 Å². The number of amides is 4. The summed E-state index contributed by atoms with van der Waals surface area (Å²) in [4.78, 5) is 80.4. The van der Waals surface area contributed by atoms with Crippen LogP contribution in [-0.4, -0.2) is 116 Å². The molecule has 4 N–H and O–H groups in total. The number of hydrogen-bond acceptors (Lipinski definition) is 13. The maximum atomic E-state index is 13.7. The number of carbonyl (C=O) groups is 5. The first kappa shape index (κ1) is 46.8. The molecule has 0 saturated carbocycles. The second-order valence-corrected chi connectivity index (χ2v) is 20.2. The molecule has 17 nitrogen and oxygen atoms in total. The fraction of sp³-hybridized carbons (Fsp3) is 0.333. The number of aryl methyl sites for hydroxylation is 1. The summed E-state index contributed by atoms with van der Waals surface area (Å²) in [6.07, 6.45) is 4.23. The van der Waals surface area contributed by atoms with Crippen molar-refractivity contribution in [3.05, 3.63) is 125 Å². The first-order valence-corrected chi connectivity index (χ1v) is 25.3. The number of nitrogens with one attached hydrogen (secondary N) is 3. The van der Waals surface area contributed by atoms with Gasteiger partial charge in [-0.2, -0.15) is 5.10 Å². The third kappa shape index (κ3) is 9.28. The number of carboxylic acids is 1. The molecule has 0 spiro atoms. The first-order valence-electron chi connectivity index (χ1n) is 24.5. The normalized spacial score (nSPS) is 19.1. The van der Waals surface area contributed by atoms with Crippen molar-refractivity contribution in [2.75, 3.05) is 54.9 Å². The van der Waals surface area contributed by atoms with Crippen LogP contribution in [0.5, 0.6) is 5.75 Å². The molecule has 18 heteroatoms. The minimum Gasteiger partial charge on any atom is -0.493 e. The van der Waals surface area contributed by atoms with Gasteiger partial charge >= 0.3 is 5.97 Å². The molecule has 4 aliphatic rings. The lowest BCUT2D eigenvalue weighted by Gasteiger charge is -2.40. The molecule has 0 radical (unpaired) electrons. The zero-order chi connectivity index (χ0) is 49.6. The predicted molar refractivity (Wildman–Crippen MR) is 275 cm³/mol. The first-order chi connectivity index (χ1) is 34.9. The molecule has 7 aromatic rings. The van der Waals surface area contributed by atoms with E-state index < -0.39 is 11.9 Å². The van der Waals surface area contributed by atoms with Crippen LogP contribution >= 0.6 is 11.3 Å². The maximum absolute atomic E-state index is 13.7. The van der Waals surface area contributed by atoms with E-state index >= 15 is 0 Å². The molecule has 3 aromatic heterocycles. The highest BCUT2D eigenvalue weighted by Gasteiger charge is 2.40. The van der Waals surface area contributed by atoms with E-state index in [1.165, 1.54) is 11.3 Å². The summed E-state index contributed by atoms with van der Waals surface area (Å²) >= 11 is 1.43. The van der Waals surface area contributed by atoms with Crippen molar-refractivity contribution in [3.8, 4) is 16.9 Å². The summed E-state index contributed by atoms with van der Waals surface area (Å²) in [5, 5.41) is 25.0. The number of thiazole rings is 1. The fourth-order valence-corrected chi connectivity index (χ4v) is 11.9. The van der Waals surface area contributed by atoms with Crippen molar-refractivity contribution in [3.63, 3.8) is 0 Å². The Kier molecular flexibility index (Phi) is 12.7. The van der Waals surface area contributed by atoms with Crippen molar-refractivity contribution < 1.29 is 33.8 Å². The van der Waals surface area contributed by atoms with Crippen molar-refractivity contribution in [2.45, 2.75) is 70.0 Å². The summed E-state index contributed by atoms with van der Waals surface area (Å²) in [6.45, 7) is 6.32. The number of aromatic nitrogens is 4. The number of aromatic carboxylic acids is 1. The van der Waals surface area contributed by atoms with Crippen LogP contribution in [0.4, 0.5) is 16.6 Å². The number of carboxylic acid groups (broad SMARTS) is 1. The van der Waals surface area contributed by atoms with Crippen molar-refractivity contribution in [1.29, 1.82) is 0 Å². The second kappa shape index (κ2) is 19.6. The molecule has 4 aromatic carbocycles. The number of rotatable bonds is 14. The zero-order valence-corrected chi connectivity index (χ0v) is 40.8. The van der Waals surface area contributed by atoms with E-state index in [1.54, 1.807) is 4.68 Å². The number of para-hydroxylation sites is 1. The highest BCUT2D eigenvalue weighted by Crippen LogP contribution is 2.36. The van der Waals surface area contributed by atoms with E-state index in [0.717, 1.165) is 82.3 Å². The van der Waals surface area contributed by atoms with E-state index in [4.69, 9.17) is 9.72 Å². The van der Waals surface area contributed by atoms with Gasteiger partial charge in [0, 0.05) is 80.5 Å². The topological polar surface area (TPSA) is 204 Å². The molecule has 4 aliphatic heterocycles. The molecule has 368 valence electrons. The minimum atomic E-state index is -1.13. The van der Waals surface area contributed by atoms with E-state index in [9.17, 15) is 29.1 Å². The lowest BCUT2D eigenvalue weighted by Crippen LogP contribution is -2.55. The average molecular weight is 987 g/mol. The number of fused-ring (bicyclic) bond motifs is 5. The van der Waals surface area contributed by atoms with Crippen LogP contribution < -0.4 is 25.6 Å². The smallest absolute Gasteiger partial charge is 0.355 e. The van der Waals surface area contributed by atoms with Gasteiger partial charge < -0.3 is 25.0 Å². The van der Waals surface area contributed by atoms with Gasteiger partial charge in [0.2, 0.25) is 17.7 Å². The van der Waals surface area contributed by atoms with E-state index in [1.807, 2.05) is 110 Å². The Morgan fingerprint density at radius 3 is 2.51 bits per heavy atom. The number of ether oxygens (including phenoxy) is 1. The lowest BCUT2D eigenvalue weighted by molar-refractivity contribution is -0.134. The summed E-state index contributed by atoms with van der Waals surface area (Å²) < 4.78 is 9.07. The molecule has 3 fully saturated rings. The molecule has 7 heterocycles. The van der Waals surface area contributed by atoms with Gasteiger partial charge in [-0.1, -0.05) is 47.7 Å². The van der Waals surface area contributed by atoms with Crippen LogP contribution in [0.3, 0.4) is 0 Å². The Bertz CT molecular complexity index is 3270. The Morgan fingerprint density at radius 2 is 1.71 bits per heavy atom. The summed E-state index contributed by atoms with van der Waals surface area (Å²) in [7, 11) is 1.81. The van der Waals surface area contributed by atoms with Crippen LogP contribution in [0.25, 0.3) is 32.2 Å². The molecular formula is C54H54N10O7S. The molecule has 72 heavy (non-hydrogen) atoms. The Morgan fingerprint density at radius 1 is 0.889 bits per heavy atom.